The van der Waals surface area contributed by atoms with Gasteiger partial charge in [-0.05, 0) is 76.7 Å². The van der Waals surface area contributed by atoms with Crippen molar-refractivity contribution in [3.8, 4) is 0 Å². The van der Waals surface area contributed by atoms with Gasteiger partial charge in [-0.25, -0.2) is 0 Å². The van der Waals surface area contributed by atoms with Crippen LogP contribution in [-0.2, 0) is 14.7 Å². The van der Waals surface area contributed by atoms with Gasteiger partial charge >= 0.3 is 7.12 Å². The van der Waals surface area contributed by atoms with Crippen LogP contribution in [0.15, 0.2) is 17.5 Å². The summed E-state index contributed by atoms with van der Waals surface area (Å²) in [7, 11) is -0.0762. The zero-order valence-electron chi connectivity index (χ0n) is 16.0. The van der Waals surface area contributed by atoms with Crippen molar-refractivity contribution in [2.75, 3.05) is 0 Å². The molecule has 2 saturated carbocycles. The summed E-state index contributed by atoms with van der Waals surface area (Å²) in [5.74, 6) is 1.54. The van der Waals surface area contributed by atoms with Crippen molar-refractivity contribution < 1.29 is 9.31 Å². The van der Waals surface area contributed by atoms with E-state index in [0.29, 0.717) is 11.3 Å². The number of thiophene rings is 1. The zero-order valence-corrected chi connectivity index (χ0v) is 16.8. The Morgan fingerprint density at radius 2 is 1.75 bits per heavy atom. The van der Waals surface area contributed by atoms with Gasteiger partial charge < -0.3 is 9.31 Å². The molecule has 1 saturated heterocycles. The molecule has 132 valence electrons. The van der Waals surface area contributed by atoms with Crippen LogP contribution in [-0.4, -0.2) is 18.3 Å². The van der Waals surface area contributed by atoms with Crippen molar-refractivity contribution in [1.82, 2.24) is 0 Å². The average Bonchev–Trinajstić information content (AvgIpc) is 3.06. The lowest BCUT2D eigenvalue weighted by molar-refractivity contribution is 0.00578. The second kappa shape index (κ2) is 5.11. The number of hydrogen-bond acceptors (Lipinski definition) is 3. The second-order valence-electron chi connectivity index (χ2n) is 9.57. The first-order chi connectivity index (χ1) is 11.2. The van der Waals surface area contributed by atoms with Crippen LogP contribution >= 0.6 is 11.3 Å². The van der Waals surface area contributed by atoms with Crippen molar-refractivity contribution >= 4 is 18.5 Å². The van der Waals surface area contributed by atoms with Crippen LogP contribution in [0, 0.1) is 11.8 Å². The van der Waals surface area contributed by atoms with Gasteiger partial charge in [-0.3, -0.25) is 0 Å². The van der Waals surface area contributed by atoms with Gasteiger partial charge in [0, 0.05) is 15.6 Å². The smallest absolute Gasteiger partial charge is 0.403 e. The molecule has 3 aliphatic rings. The maximum atomic E-state index is 6.52. The van der Waals surface area contributed by atoms with Gasteiger partial charge in [0.2, 0.25) is 0 Å². The largest absolute Gasteiger partial charge is 0.464 e. The quantitative estimate of drug-likeness (QED) is 0.653. The average molecular weight is 346 g/mol. The highest BCUT2D eigenvalue weighted by Crippen LogP contribution is 2.74. The summed E-state index contributed by atoms with van der Waals surface area (Å²) >= 11 is 1.94. The zero-order chi connectivity index (χ0) is 17.4. The van der Waals surface area contributed by atoms with Crippen LogP contribution in [0.25, 0.3) is 0 Å². The fraction of sp³-hybridized carbons (Fsp3) is 0.800. The maximum Gasteiger partial charge on any atom is 0.464 e. The third kappa shape index (κ3) is 2.15. The summed E-state index contributed by atoms with van der Waals surface area (Å²) in [4.78, 5) is 1.58. The Labute approximate surface area is 151 Å². The number of hydrogen-bond donors (Lipinski definition) is 0. The van der Waals surface area contributed by atoms with E-state index in [2.05, 4.69) is 59.1 Å². The molecular weight excluding hydrogens is 315 g/mol. The van der Waals surface area contributed by atoms with Crippen LogP contribution in [0.3, 0.4) is 0 Å². The van der Waals surface area contributed by atoms with Crippen molar-refractivity contribution in [3.63, 3.8) is 0 Å². The van der Waals surface area contributed by atoms with E-state index in [4.69, 9.17) is 9.31 Å². The monoisotopic (exact) mass is 346 g/mol. The van der Waals surface area contributed by atoms with Crippen molar-refractivity contribution in [3.05, 3.63) is 22.4 Å². The van der Waals surface area contributed by atoms with Crippen LogP contribution in [0.5, 0.6) is 0 Å². The summed E-state index contributed by atoms with van der Waals surface area (Å²) in [6, 6.07) is 4.57. The molecule has 24 heavy (non-hydrogen) atoms. The minimum absolute atomic E-state index is 0.0762. The van der Waals surface area contributed by atoms with Gasteiger partial charge in [0.1, 0.15) is 0 Å². The molecule has 0 aromatic carbocycles. The third-order valence-corrected chi connectivity index (χ3v) is 8.62. The molecule has 2 nitrogen and oxygen atoms in total. The fourth-order valence-corrected chi connectivity index (χ4v) is 6.52. The molecule has 0 spiro atoms. The molecule has 4 heteroatoms. The van der Waals surface area contributed by atoms with E-state index in [0.717, 1.165) is 5.92 Å². The molecule has 0 N–H and O–H groups in total. The number of rotatable bonds is 4. The third-order valence-electron chi connectivity index (χ3n) is 7.53. The van der Waals surface area contributed by atoms with E-state index in [1.807, 2.05) is 11.3 Å². The first kappa shape index (κ1) is 17.1. The predicted octanol–water partition coefficient (Wildman–Crippen LogP) is 5.68. The predicted molar refractivity (Wildman–Crippen MR) is 102 cm³/mol. The Hall–Kier alpha value is -0.315. The highest BCUT2D eigenvalue weighted by Gasteiger charge is 2.72. The van der Waals surface area contributed by atoms with Gasteiger partial charge in [-0.1, -0.05) is 19.9 Å². The van der Waals surface area contributed by atoms with Gasteiger partial charge in [0.05, 0.1) is 11.2 Å². The molecule has 0 radical (unpaired) electrons. The van der Waals surface area contributed by atoms with Gasteiger partial charge in [0.15, 0.2) is 0 Å². The van der Waals surface area contributed by atoms with Crippen LogP contribution in [0.2, 0.25) is 5.31 Å². The van der Waals surface area contributed by atoms with Crippen LogP contribution < -0.4 is 0 Å². The van der Waals surface area contributed by atoms with Crippen LogP contribution in [0.1, 0.15) is 72.1 Å². The normalized spacial score (nSPS) is 40.6. The Balaban J connectivity index is 1.67. The van der Waals surface area contributed by atoms with E-state index in [1.165, 1.54) is 25.7 Å². The molecule has 0 amide bonds. The Morgan fingerprint density at radius 3 is 2.21 bits per heavy atom. The molecule has 4 rings (SSSR count). The van der Waals surface area contributed by atoms with E-state index < -0.39 is 0 Å². The van der Waals surface area contributed by atoms with Gasteiger partial charge in [-0.15, -0.1) is 11.3 Å². The minimum atomic E-state index is -0.234. The molecule has 0 bridgehead atoms. The molecular formula is C20H31BO2S. The van der Waals surface area contributed by atoms with Crippen LogP contribution in [0.4, 0.5) is 0 Å². The summed E-state index contributed by atoms with van der Waals surface area (Å²) in [6.07, 6.45) is 5.18. The summed E-state index contributed by atoms with van der Waals surface area (Å²) in [5, 5.41) is 2.37. The molecule has 3 atom stereocenters. The van der Waals surface area contributed by atoms with E-state index in [9.17, 15) is 0 Å². The minimum Gasteiger partial charge on any atom is -0.403 e. The first-order valence-corrected chi connectivity index (χ1v) is 10.4. The molecule has 1 aromatic rings. The molecule has 2 unspecified atom stereocenters. The Kier molecular flexibility index (Phi) is 3.65. The lowest BCUT2D eigenvalue weighted by Crippen LogP contribution is -2.60. The van der Waals surface area contributed by atoms with Gasteiger partial charge in [0.25, 0.3) is 0 Å². The van der Waals surface area contributed by atoms with Crippen molar-refractivity contribution in [2.24, 2.45) is 11.8 Å². The summed E-state index contributed by atoms with van der Waals surface area (Å²) < 4.78 is 13.0. The molecule has 1 aromatic heterocycles. The fourth-order valence-electron chi connectivity index (χ4n) is 5.48. The highest BCUT2D eigenvalue weighted by atomic mass is 32.1. The summed E-state index contributed by atoms with van der Waals surface area (Å²) in [5.41, 5.74) is -0.127. The van der Waals surface area contributed by atoms with Crippen molar-refractivity contribution in [1.29, 1.82) is 0 Å². The van der Waals surface area contributed by atoms with E-state index in [1.54, 1.807) is 4.88 Å². The Bertz CT molecular complexity index is 606. The van der Waals surface area contributed by atoms with E-state index in [-0.39, 0.29) is 23.6 Å². The molecule has 2 aliphatic carbocycles. The standard InChI is InChI=1S/C20H31BO2S/c1-7-20(15-9-8-12-24-15)13-19(6,16(20)14-10-11-14)21-22-17(2,3)18(4,5)23-21/h8-9,12,14,16H,7,10-11,13H2,1-6H3/t16-,19?,20?/m1/s1. The van der Waals surface area contributed by atoms with Gasteiger partial charge in [-0.2, -0.15) is 0 Å². The lowest BCUT2D eigenvalue weighted by atomic mass is 9.32. The molecule has 1 aliphatic heterocycles. The van der Waals surface area contributed by atoms with E-state index >= 15 is 0 Å². The SMILES string of the molecule is CCC1(c2cccs2)CC(C)(B2OC(C)(C)C(C)(C)O2)[C@H]1C1CC1. The Morgan fingerprint density at radius 1 is 1.12 bits per heavy atom. The molecule has 3 fully saturated rings. The maximum absolute atomic E-state index is 6.52. The lowest BCUT2D eigenvalue weighted by Gasteiger charge is -2.62. The topological polar surface area (TPSA) is 18.5 Å². The van der Waals surface area contributed by atoms with Crippen molar-refractivity contribution in [2.45, 2.75) is 89.2 Å². The summed E-state index contributed by atoms with van der Waals surface area (Å²) in [6.45, 7) is 13.5. The first-order valence-electron chi connectivity index (χ1n) is 9.56. The second-order valence-corrected chi connectivity index (χ2v) is 10.5. The highest BCUT2D eigenvalue weighted by molar-refractivity contribution is 7.10. The molecule has 2 heterocycles.